The number of hydrogen-bond donors (Lipinski definition) is 4. The molecule has 2 aliphatic rings. The zero-order valence-electron chi connectivity index (χ0n) is 19.5. The fourth-order valence-electron chi connectivity index (χ4n) is 5.09. The lowest BCUT2D eigenvalue weighted by Gasteiger charge is -2.32. The van der Waals surface area contributed by atoms with Gasteiger partial charge in [0.15, 0.2) is 0 Å². The first-order chi connectivity index (χ1) is 16.9. The van der Waals surface area contributed by atoms with Gasteiger partial charge in [-0.2, -0.15) is 8.78 Å². The molecule has 4 N–H and O–H groups in total. The number of carbonyl (C=O) groups excluding carboxylic acids is 1. The van der Waals surface area contributed by atoms with Gasteiger partial charge in [0.1, 0.15) is 5.65 Å². The summed E-state index contributed by atoms with van der Waals surface area (Å²) in [5.74, 6) is -0.425. The number of carbonyl (C=O) groups is 1. The Morgan fingerprint density at radius 2 is 2.17 bits per heavy atom. The number of nitrogens with zero attached hydrogens (tertiary/aromatic N) is 2. The van der Waals surface area contributed by atoms with Gasteiger partial charge in [-0.15, -0.1) is 0 Å². The number of hydrogen-bond acceptors (Lipinski definition) is 5. The number of halogens is 2. The van der Waals surface area contributed by atoms with E-state index in [2.05, 4.69) is 40.4 Å². The maximum absolute atomic E-state index is 13.0. The minimum atomic E-state index is -2.79. The van der Waals surface area contributed by atoms with Gasteiger partial charge in [0, 0.05) is 54.9 Å². The number of aromatic amines is 1. The highest BCUT2D eigenvalue weighted by atomic mass is 19.3. The van der Waals surface area contributed by atoms with Crippen LogP contribution >= 0.6 is 0 Å². The lowest BCUT2D eigenvalue weighted by Crippen LogP contribution is -2.38. The van der Waals surface area contributed by atoms with Crippen molar-refractivity contribution in [3.63, 3.8) is 0 Å². The molecule has 1 unspecified atom stereocenters. The Hall–Kier alpha value is -3.59. The van der Waals surface area contributed by atoms with E-state index in [0.717, 1.165) is 65.1 Å². The summed E-state index contributed by atoms with van der Waals surface area (Å²) in [4.78, 5) is 22.4. The summed E-state index contributed by atoms with van der Waals surface area (Å²) in [5.41, 5.74) is 7.54. The predicted octanol–water partition coefficient (Wildman–Crippen LogP) is 4.19. The van der Waals surface area contributed by atoms with Crippen molar-refractivity contribution in [3.05, 3.63) is 64.6 Å². The van der Waals surface area contributed by atoms with E-state index in [1.54, 1.807) is 4.90 Å². The molecule has 0 radical (unpaired) electrons. The number of benzene rings is 1. The van der Waals surface area contributed by atoms with E-state index in [1.807, 2.05) is 17.7 Å². The first-order valence-electron chi connectivity index (χ1n) is 11.8. The van der Waals surface area contributed by atoms with Crippen molar-refractivity contribution in [3.8, 4) is 11.1 Å². The first-order valence-corrected chi connectivity index (χ1v) is 11.8. The SMILES string of the molecule is Cc1c[nH]c2ncc(-c3cc4c(c(C5CCCN5)c3)CN(C(=O)/C(C=N)=C/NC(F)F)CC4)cc12. The molecular formula is C26H28F2N6O. The second-order valence-corrected chi connectivity index (χ2v) is 9.13. The van der Waals surface area contributed by atoms with Gasteiger partial charge in [0.2, 0.25) is 0 Å². The number of H-pyrrole nitrogens is 1. The molecule has 7 nitrogen and oxygen atoms in total. The predicted molar refractivity (Wildman–Crippen MR) is 131 cm³/mol. The van der Waals surface area contributed by atoms with Gasteiger partial charge in [-0.05, 0) is 72.7 Å². The highest BCUT2D eigenvalue weighted by molar-refractivity contribution is 6.11. The van der Waals surface area contributed by atoms with Gasteiger partial charge < -0.3 is 25.9 Å². The van der Waals surface area contributed by atoms with Crippen LogP contribution in [0.15, 0.2) is 42.4 Å². The number of fused-ring (bicyclic) bond motifs is 2. The normalized spacial score (nSPS) is 18.2. The molecule has 1 amide bonds. The average Bonchev–Trinajstić information content (AvgIpc) is 3.53. The van der Waals surface area contributed by atoms with Gasteiger partial charge >= 0.3 is 6.55 Å². The number of alkyl halides is 2. The third kappa shape index (κ3) is 4.55. The van der Waals surface area contributed by atoms with Crippen LogP contribution in [0, 0.1) is 12.3 Å². The molecule has 2 aliphatic heterocycles. The van der Waals surface area contributed by atoms with E-state index >= 15 is 0 Å². The van der Waals surface area contributed by atoms with E-state index in [0.29, 0.717) is 19.5 Å². The second kappa shape index (κ2) is 9.58. The molecule has 182 valence electrons. The maximum Gasteiger partial charge on any atom is 0.312 e. The molecule has 9 heteroatoms. The highest BCUT2D eigenvalue weighted by Gasteiger charge is 2.29. The number of rotatable bonds is 6. The average molecular weight is 479 g/mol. The monoisotopic (exact) mass is 478 g/mol. The third-order valence-electron chi connectivity index (χ3n) is 6.94. The molecule has 0 spiro atoms. The molecule has 0 aliphatic carbocycles. The highest BCUT2D eigenvalue weighted by Crippen LogP contribution is 2.36. The van der Waals surface area contributed by atoms with Gasteiger partial charge in [-0.1, -0.05) is 6.07 Å². The Bertz CT molecular complexity index is 1310. The molecule has 1 atom stereocenters. The summed E-state index contributed by atoms with van der Waals surface area (Å²) in [6, 6.07) is 6.75. The molecule has 0 saturated carbocycles. The van der Waals surface area contributed by atoms with Crippen LogP contribution in [-0.2, 0) is 17.8 Å². The minimum absolute atomic E-state index is 0.0906. The molecular weight excluding hydrogens is 450 g/mol. The lowest BCUT2D eigenvalue weighted by atomic mass is 9.87. The molecule has 35 heavy (non-hydrogen) atoms. The standard InChI is InChI=1S/C26H28F2N6O/c1-15-11-31-24-20(15)9-18(12-32-24)17-7-16-4-6-34(25(35)19(10-29)13-33-26(27)28)14-22(16)21(8-17)23-3-2-5-30-23/h7-13,23,26,29-30,33H,2-6,14H2,1H3,(H,31,32)/b19-13+,29-10?. The molecule has 1 fully saturated rings. The van der Waals surface area contributed by atoms with E-state index in [4.69, 9.17) is 5.41 Å². The number of aryl methyl sites for hydroxylation is 1. The van der Waals surface area contributed by atoms with Crippen LogP contribution in [0.3, 0.4) is 0 Å². The molecule has 1 aromatic carbocycles. The van der Waals surface area contributed by atoms with Crippen LogP contribution in [0.25, 0.3) is 22.2 Å². The summed E-state index contributed by atoms with van der Waals surface area (Å²) in [6.07, 6.45) is 8.35. The lowest BCUT2D eigenvalue weighted by molar-refractivity contribution is -0.127. The number of aromatic nitrogens is 2. The molecule has 0 bridgehead atoms. The topological polar surface area (TPSA) is 96.9 Å². The van der Waals surface area contributed by atoms with Crippen LogP contribution in [0.1, 0.15) is 41.1 Å². The Morgan fingerprint density at radius 1 is 1.31 bits per heavy atom. The summed E-state index contributed by atoms with van der Waals surface area (Å²) in [6.45, 7) is 1.06. The smallest absolute Gasteiger partial charge is 0.312 e. The summed E-state index contributed by atoms with van der Waals surface area (Å²) in [5, 5.41) is 14.0. The maximum atomic E-state index is 13.0. The Morgan fingerprint density at radius 3 is 2.91 bits per heavy atom. The van der Waals surface area contributed by atoms with Crippen LogP contribution in [0.2, 0.25) is 0 Å². The van der Waals surface area contributed by atoms with Crippen molar-refractivity contribution < 1.29 is 13.6 Å². The third-order valence-corrected chi connectivity index (χ3v) is 6.94. The number of amides is 1. The van der Waals surface area contributed by atoms with E-state index in [-0.39, 0.29) is 11.6 Å². The zero-order chi connectivity index (χ0) is 24.5. The van der Waals surface area contributed by atoms with Crippen molar-refractivity contribution in [1.82, 2.24) is 25.5 Å². The molecule has 5 rings (SSSR count). The van der Waals surface area contributed by atoms with Gasteiger partial charge in [-0.25, -0.2) is 4.98 Å². The molecule has 1 saturated heterocycles. The van der Waals surface area contributed by atoms with Crippen molar-refractivity contribution >= 4 is 23.2 Å². The van der Waals surface area contributed by atoms with Crippen LogP contribution < -0.4 is 10.6 Å². The summed E-state index contributed by atoms with van der Waals surface area (Å²) >= 11 is 0. The number of pyridine rings is 1. The van der Waals surface area contributed by atoms with Crippen LogP contribution in [-0.4, -0.2) is 46.6 Å². The van der Waals surface area contributed by atoms with E-state index in [9.17, 15) is 13.6 Å². The van der Waals surface area contributed by atoms with Crippen molar-refractivity contribution in [1.29, 1.82) is 5.41 Å². The van der Waals surface area contributed by atoms with Gasteiger partial charge in [-0.3, -0.25) is 4.79 Å². The Kier molecular flexibility index (Phi) is 6.34. The van der Waals surface area contributed by atoms with Crippen molar-refractivity contribution in [2.45, 2.75) is 45.3 Å². The minimum Gasteiger partial charge on any atom is -0.346 e. The van der Waals surface area contributed by atoms with Crippen molar-refractivity contribution in [2.75, 3.05) is 13.1 Å². The van der Waals surface area contributed by atoms with Gasteiger partial charge in [0.05, 0.1) is 5.57 Å². The zero-order valence-corrected chi connectivity index (χ0v) is 19.5. The summed E-state index contributed by atoms with van der Waals surface area (Å²) < 4.78 is 25.1. The Labute approximate surface area is 202 Å². The van der Waals surface area contributed by atoms with Gasteiger partial charge in [0.25, 0.3) is 5.91 Å². The molecule has 4 heterocycles. The summed E-state index contributed by atoms with van der Waals surface area (Å²) in [7, 11) is 0. The first kappa shape index (κ1) is 23.2. The fraction of sp³-hybridized carbons (Fsp3) is 0.346. The number of nitrogens with one attached hydrogen (secondary N) is 4. The molecule has 3 aromatic rings. The van der Waals surface area contributed by atoms with Crippen molar-refractivity contribution in [2.24, 2.45) is 0 Å². The van der Waals surface area contributed by atoms with Crippen LogP contribution in [0.4, 0.5) is 8.78 Å². The van der Waals surface area contributed by atoms with E-state index < -0.39 is 12.5 Å². The van der Waals surface area contributed by atoms with Crippen LogP contribution in [0.5, 0.6) is 0 Å². The quantitative estimate of drug-likeness (QED) is 0.243. The second-order valence-electron chi connectivity index (χ2n) is 9.13. The largest absolute Gasteiger partial charge is 0.346 e. The van der Waals surface area contributed by atoms with E-state index in [1.165, 1.54) is 11.1 Å². The molecule has 2 aromatic heterocycles. The fourth-order valence-corrected chi connectivity index (χ4v) is 5.09. The Balaban J connectivity index is 1.51.